The normalized spacial score (nSPS) is 15.1. The first kappa shape index (κ1) is 24.9. The van der Waals surface area contributed by atoms with Gasteiger partial charge in [-0.15, -0.1) is 6.58 Å². The second-order valence-corrected chi connectivity index (χ2v) is 9.05. The van der Waals surface area contributed by atoms with Crippen molar-refractivity contribution < 1.29 is 33.2 Å². The molecule has 0 saturated heterocycles. The van der Waals surface area contributed by atoms with Crippen LogP contribution in [0.3, 0.4) is 0 Å². The summed E-state index contributed by atoms with van der Waals surface area (Å²) >= 11 is 6.15. The maximum absolute atomic E-state index is 5.88. The fourth-order valence-electron chi connectivity index (χ4n) is 3.60. The van der Waals surface area contributed by atoms with Gasteiger partial charge in [-0.1, -0.05) is 22.0 Å². The molecule has 0 radical (unpaired) electrons. The van der Waals surface area contributed by atoms with E-state index in [4.69, 9.17) is 33.2 Å². The van der Waals surface area contributed by atoms with Crippen molar-refractivity contribution in [3.05, 3.63) is 51.6 Å². The summed E-state index contributed by atoms with van der Waals surface area (Å²) in [7, 11) is 6.38. The molecule has 0 saturated carbocycles. The first-order valence-electron chi connectivity index (χ1n) is 9.77. The number of ether oxygens (including phenoxy) is 7. The summed E-state index contributed by atoms with van der Waals surface area (Å²) in [6, 6.07) is 7.82. The van der Waals surface area contributed by atoms with Crippen LogP contribution in [0, 0.1) is 3.57 Å². The summed E-state index contributed by atoms with van der Waals surface area (Å²) < 4.78 is 40.5. The third-order valence-corrected chi connectivity index (χ3v) is 6.96. The number of halogens is 2. The molecular formula is C23H26BrIO7. The van der Waals surface area contributed by atoms with Gasteiger partial charge in [0.2, 0.25) is 12.5 Å². The summed E-state index contributed by atoms with van der Waals surface area (Å²) in [6.45, 7) is 4.28. The highest BCUT2D eigenvalue weighted by molar-refractivity contribution is 14.1. The Bertz CT molecular complexity index is 927. The topological polar surface area (TPSA) is 64.6 Å². The number of fused-ring (bicyclic) bond motifs is 1. The maximum Gasteiger partial charge on any atom is 0.231 e. The van der Waals surface area contributed by atoms with E-state index >= 15 is 0 Å². The average Bonchev–Trinajstić information content (AvgIpc) is 3.26. The zero-order valence-electron chi connectivity index (χ0n) is 18.4. The fraction of sp³-hybridized carbons (Fsp3) is 0.391. The zero-order chi connectivity index (χ0) is 23.3. The van der Waals surface area contributed by atoms with Crippen LogP contribution >= 0.6 is 38.5 Å². The van der Waals surface area contributed by atoms with Gasteiger partial charge in [-0.05, 0) is 58.0 Å². The molecule has 0 bridgehead atoms. The van der Waals surface area contributed by atoms with Gasteiger partial charge in [-0.3, -0.25) is 0 Å². The molecule has 0 N–H and O–H groups in total. The number of methoxy groups -OCH3 is 4. The van der Waals surface area contributed by atoms with Gasteiger partial charge >= 0.3 is 0 Å². The molecule has 7 nitrogen and oxygen atoms in total. The Labute approximate surface area is 210 Å². The van der Waals surface area contributed by atoms with Gasteiger partial charge in [0.1, 0.15) is 0 Å². The van der Waals surface area contributed by atoms with E-state index in [1.54, 1.807) is 34.5 Å². The lowest BCUT2D eigenvalue weighted by atomic mass is 9.87. The minimum absolute atomic E-state index is 0.199. The molecule has 1 unspecified atom stereocenters. The van der Waals surface area contributed by atoms with E-state index in [1.165, 1.54) is 0 Å². The van der Waals surface area contributed by atoms with Crippen molar-refractivity contribution >= 4 is 38.5 Å². The first-order chi connectivity index (χ1) is 15.5. The Morgan fingerprint density at radius 1 is 1.03 bits per heavy atom. The van der Waals surface area contributed by atoms with Gasteiger partial charge in [0.05, 0.1) is 32.8 Å². The van der Waals surface area contributed by atoms with Crippen LogP contribution < -0.4 is 23.7 Å². The molecule has 1 aliphatic heterocycles. The van der Waals surface area contributed by atoms with E-state index in [0.717, 1.165) is 20.4 Å². The molecular weight excluding hydrogens is 595 g/mol. The van der Waals surface area contributed by atoms with Crippen LogP contribution in [0.2, 0.25) is 0 Å². The molecule has 0 aromatic heterocycles. The summed E-state index contributed by atoms with van der Waals surface area (Å²) in [6.07, 6.45) is 1.13. The smallest absolute Gasteiger partial charge is 0.231 e. The van der Waals surface area contributed by atoms with Crippen molar-refractivity contribution in [3.8, 4) is 28.7 Å². The van der Waals surface area contributed by atoms with E-state index in [2.05, 4.69) is 45.1 Å². The third-order valence-electron chi connectivity index (χ3n) is 5.06. The van der Waals surface area contributed by atoms with E-state index in [0.29, 0.717) is 29.6 Å². The molecule has 3 atom stereocenters. The molecule has 2 aromatic carbocycles. The zero-order valence-corrected chi connectivity index (χ0v) is 22.1. The minimum atomic E-state index is -0.557. The van der Waals surface area contributed by atoms with Crippen LogP contribution in [-0.2, 0) is 9.47 Å². The number of benzene rings is 2. The monoisotopic (exact) mass is 620 g/mol. The summed E-state index contributed by atoms with van der Waals surface area (Å²) in [4.78, 5) is -0.274. The highest BCUT2D eigenvalue weighted by Crippen LogP contribution is 2.47. The Morgan fingerprint density at radius 2 is 1.66 bits per heavy atom. The molecule has 3 rings (SSSR count). The van der Waals surface area contributed by atoms with E-state index in [9.17, 15) is 0 Å². The minimum Gasteiger partial charge on any atom is -0.493 e. The van der Waals surface area contributed by atoms with Crippen LogP contribution in [0.25, 0.3) is 0 Å². The summed E-state index contributed by atoms with van der Waals surface area (Å²) in [5.74, 6) is 2.83. The molecule has 1 heterocycles. The molecule has 32 heavy (non-hydrogen) atoms. The molecule has 0 fully saturated rings. The van der Waals surface area contributed by atoms with Crippen LogP contribution in [0.15, 0.2) is 36.9 Å². The van der Waals surface area contributed by atoms with Crippen molar-refractivity contribution in [3.63, 3.8) is 0 Å². The van der Waals surface area contributed by atoms with Crippen molar-refractivity contribution in [1.82, 2.24) is 0 Å². The number of alkyl halides is 1. The van der Waals surface area contributed by atoms with Crippen molar-refractivity contribution in [2.45, 2.75) is 17.0 Å². The first-order valence-corrected chi connectivity index (χ1v) is 11.8. The Hall–Kier alpha value is -1.69. The fourth-order valence-corrected chi connectivity index (χ4v) is 5.33. The van der Waals surface area contributed by atoms with Gasteiger partial charge < -0.3 is 33.2 Å². The van der Waals surface area contributed by atoms with Gasteiger partial charge in [0.15, 0.2) is 29.3 Å². The van der Waals surface area contributed by atoms with Crippen molar-refractivity contribution in [2.24, 2.45) is 0 Å². The van der Waals surface area contributed by atoms with Gasteiger partial charge in [0, 0.05) is 16.6 Å². The average molecular weight is 621 g/mol. The second kappa shape index (κ2) is 11.4. The van der Waals surface area contributed by atoms with Crippen molar-refractivity contribution in [2.75, 3.05) is 41.8 Å². The molecule has 0 aliphatic carbocycles. The van der Waals surface area contributed by atoms with E-state index in [-0.39, 0.29) is 17.5 Å². The lowest BCUT2D eigenvalue weighted by Gasteiger charge is -2.31. The maximum atomic E-state index is 5.88. The van der Waals surface area contributed by atoms with Crippen molar-refractivity contribution in [1.29, 1.82) is 0 Å². The van der Waals surface area contributed by atoms with Crippen LogP contribution in [0.1, 0.15) is 17.0 Å². The van der Waals surface area contributed by atoms with Gasteiger partial charge in [0.25, 0.3) is 0 Å². The third kappa shape index (κ3) is 5.11. The Kier molecular flexibility index (Phi) is 8.92. The van der Waals surface area contributed by atoms with Crippen LogP contribution in [0.5, 0.6) is 28.7 Å². The Morgan fingerprint density at radius 3 is 2.19 bits per heavy atom. The van der Waals surface area contributed by atoms with Gasteiger partial charge in [-0.2, -0.15) is 0 Å². The predicted octanol–water partition coefficient (Wildman–Crippen LogP) is 5.12. The van der Waals surface area contributed by atoms with Gasteiger partial charge in [-0.25, -0.2) is 0 Å². The van der Waals surface area contributed by atoms with E-state index in [1.807, 2.05) is 24.3 Å². The Balaban J connectivity index is 2.18. The molecule has 174 valence electrons. The molecule has 2 aromatic rings. The lowest BCUT2D eigenvalue weighted by molar-refractivity contribution is -0.115. The molecule has 9 heteroatoms. The standard InChI is InChI=1S/C23H26BrIO7/c1-6-7-30-23(29-5)21(24)20(14-10-16-17(11-15(14)25)32-12-31-16)13-8-18(26-2)22(28-4)19(9-13)27-3/h6,8-11,20-21,23H,1,7,12H2,2-5H3/t20-,21-,23?/m1/s1. The predicted molar refractivity (Wildman–Crippen MR) is 133 cm³/mol. The lowest BCUT2D eigenvalue weighted by Crippen LogP contribution is -2.32. The second-order valence-electron chi connectivity index (χ2n) is 6.83. The highest BCUT2D eigenvalue weighted by atomic mass is 127. The molecule has 0 spiro atoms. The van der Waals surface area contributed by atoms with E-state index < -0.39 is 6.29 Å². The summed E-state index contributed by atoms with van der Waals surface area (Å²) in [5, 5.41) is 0. The number of hydrogen-bond donors (Lipinski definition) is 0. The van der Waals surface area contributed by atoms with Crippen LogP contribution in [0.4, 0.5) is 0 Å². The van der Waals surface area contributed by atoms with Crippen LogP contribution in [-0.4, -0.2) is 53.0 Å². The number of rotatable bonds is 11. The SMILES string of the molecule is C=CCOC(OC)[C@H](Br)[C@H](c1cc(OC)c(OC)c(OC)c1)c1cc2c(cc1I)OCO2. The summed E-state index contributed by atoms with van der Waals surface area (Å²) in [5.41, 5.74) is 1.93. The highest BCUT2D eigenvalue weighted by Gasteiger charge is 2.34. The molecule has 1 aliphatic rings. The number of hydrogen-bond acceptors (Lipinski definition) is 7. The molecule has 0 amide bonds. The quantitative estimate of drug-likeness (QED) is 0.150. The largest absolute Gasteiger partial charge is 0.493 e.